The van der Waals surface area contributed by atoms with Gasteiger partial charge in [-0.2, -0.15) is 0 Å². The number of likely N-dealkylation sites (tertiary alicyclic amines) is 1. The first-order valence-corrected chi connectivity index (χ1v) is 9.08. The molecule has 1 saturated heterocycles. The zero-order chi connectivity index (χ0) is 16.6. The maximum atomic E-state index is 13.0. The van der Waals surface area contributed by atoms with E-state index < -0.39 is 5.41 Å². The molecule has 1 unspecified atom stereocenters. The fourth-order valence-electron chi connectivity index (χ4n) is 3.89. The van der Waals surface area contributed by atoms with E-state index in [1.165, 1.54) is 0 Å². The average Bonchev–Trinajstić information content (AvgIpc) is 2.79. The average molecular weight is 356 g/mol. The highest BCUT2D eigenvalue weighted by Crippen LogP contribution is 2.39. The molecule has 23 heavy (non-hydrogen) atoms. The molecule has 1 aromatic rings. The summed E-state index contributed by atoms with van der Waals surface area (Å²) in [6, 6.07) is 5.77. The number of carbonyl (C=O) groups is 1. The third-order valence-corrected chi connectivity index (χ3v) is 5.97. The SMILES string of the molecule is CC1(Cc2ccc(Cl)cc2Cl)CCN([C@H]2CC[C@@H](O)CC2)C1=O. The van der Waals surface area contributed by atoms with Crippen molar-refractivity contribution in [3.05, 3.63) is 33.8 Å². The van der Waals surface area contributed by atoms with Crippen molar-refractivity contribution in [2.45, 2.75) is 57.6 Å². The minimum atomic E-state index is -0.395. The van der Waals surface area contributed by atoms with E-state index >= 15 is 0 Å². The molecule has 0 aromatic heterocycles. The van der Waals surface area contributed by atoms with Crippen molar-refractivity contribution in [2.24, 2.45) is 5.41 Å². The van der Waals surface area contributed by atoms with Crippen LogP contribution < -0.4 is 0 Å². The van der Waals surface area contributed by atoms with Crippen LogP contribution in [-0.2, 0) is 11.2 Å². The minimum Gasteiger partial charge on any atom is -0.393 e. The minimum absolute atomic E-state index is 0.191. The molecule has 1 aliphatic carbocycles. The number of aliphatic hydroxyl groups excluding tert-OH is 1. The van der Waals surface area contributed by atoms with Crippen LogP contribution in [0.2, 0.25) is 10.0 Å². The Kier molecular flexibility index (Phi) is 4.91. The first-order valence-electron chi connectivity index (χ1n) is 8.32. The van der Waals surface area contributed by atoms with Crippen LogP contribution in [0.4, 0.5) is 0 Å². The number of carbonyl (C=O) groups excluding carboxylic acids is 1. The largest absolute Gasteiger partial charge is 0.393 e. The lowest BCUT2D eigenvalue weighted by atomic mass is 9.82. The monoisotopic (exact) mass is 355 g/mol. The molecule has 1 atom stereocenters. The number of rotatable bonds is 3. The van der Waals surface area contributed by atoms with Crippen molar-refractivity contribution >= 4 is 29.1 Å². The van der Waals surface area contributed by atoms with Gasteiger partial charge in [0.2, 0.25) is 5.91 Å². The predicted molar refractivity (Wildman–Crippen MR) is 92.9 cm³/mol. The van der Waals surface area contributed by atoms with Gasteiger partial charge in [-0.1, -0.05) is 36.2 Å². The van der Waals surface area contributed by atoms with E-state index in [2.05, 4.69) is 0 Å². The van der Waals surface area contributed by atoms with Crippen LogP contribution in [0.5, 0.6) is 0 Å². The maximum Gasteiger partial charge on any atom is 0.229 e. The van der Waals surface area contributed by atoms with Gasteiger partial charge in [0.15, 0.2) is 0 Å². The number of aliphatic hydroxyl groups is 1. The van der Waals surface area contributed by atoms with Gasteiger partial charge in [0.05, 0.1) is 11.5 Å². The highest BCUT2D eigenvalue weighted by Gasteiger charge is 2.45. The number of amides is 1. The van der Waals surface area contributed by atoms with Gasteiger partial charge in [0.25, 0.3) is 0 Å². The Morgan fingerprint density at radius 3 is 2.61 bits per heavy atom. The zero-order valence-corrected chi connectivity index (χ0v) is 14.9. The van der Waals surface area contributed by atoms with E-state index in [1.54, 1.807) is 6.07 Å². The van der Waals surface area contributed by atoms with E-state index in [0.717, 1.165) is 44.2 Å². The Bertz CT molecular complexity index is 599. The number of benzene rings is 1. The molecule has 0 bridgehead atoms. The number of halogens is 2. The number of nitrogens with zero attached hydrogens (tertiary/aromatic N) is 1. The second kappa shape index (κ2) is 6.62. The summed E-state index contributed by atoms with van der Waals surface area (Å²) in [6.07, 6.45) is 4.72. The molecule has 1 aromatic carbocycles. The van der Waals surface area contributed by atoms with Crippen LogP contribution in [0.1, 0.15) is 44.6 Å². The van der Waals surface area contributed by atoms with Crippen LogP contribution in [0.25, 0.3) is 0 Å². The van der Waals surface area contributed by atoms with E-state index in [0.29, 0.717) is 16.5 Å². The molecular weight excluding hydrogens is 333 g/mol. The molecule has 2 aliphatic rings. The summed E-state index contributed by atoms with van der Waals surface area (Å²) in [5.41, 5.74) is 0.584. The third-order valence-electron chi connectivity index (χ3n) is 5.38. The quantitative estimate of drug-likeness (QED) is 0.887. The van der Waals surface area contributed by atoms with E-state index in [1.807, 2.05) is 24.0 Å². The van der Waals surface area contributed by atoms with E-state index in [9.17, 15) is 9.90 Å². The lowest BCUT2D eigenvalue weighted by Crippen LogP contribution is -2.43. The Hall–Kier alpha value is -0.770. The molecule has 1 amide bonds. The zero-order valence-electron chi connectivity index (χ0n) is 13.4. The molecule has 3 rings (SSSR count). The molecule has 1 aliphatic heterocycles. The first-order chi connectivity index (χ1) is 10.9. The Labute approximate surface area is 147 Å². The molecule has 0 radical (unpaired) electrons. The Balaban J connectivity index is 1.71. The van der Waals surface area contributed by atoms with Crippen molar-refractivity contribution < 1.29 is 9.90 Å². The maximum absolute atomic E-state index is 13.0. The summed E-state index contributed by atoms with van der Waals surface area (Å²) < 4.78 is 0. The van der Waals surface area contributed by atoms with E-state index in [4.69, 9.17) is 23.2 Å². The van der Waals surface area contributed by atoms with Crippen LogP contribution in [0, 0.1) is 5.41 Å². The summed E-state index contributed by atoms with van der Waals surface area (Å²) in [4.78, 5) is 15.0. The Morgan fingerprint density at radius 2 is 1.96 bits per heavy atom. The van der Waals surface area contributed by atoms with Crippen LogP contribution >= 0.6 is 23.2 Å². The van der Waals surface area contributed by atoms with Gasteiger partial charge in [-0.15, -0.1) is 0 Å². The van der Waals surface area contributed by atoms with Crippen LogP contribution in [-0.4, -0.2) is 34.6 Å². The molecule has 1 saturated carbocycles. The lowest BCUT2D eigenvalue weighted by Gasteiger charge is -2.34. The van der Waals surface area contributed by atoms with Gasteiger partial charge in [0, 0.05) is 22.6 Å². The second-order valence-corrected chi connectivity index (χ2v) is 8.03. The molecule has 126 valence electrons. The highest BCUT2D eigenvalue weighted by atomic mass is 35.5. The molecule has 1 heterocycles. The fraction of sp³-hybridized carbons (Fsp3) is 0.611. The molecule has 3 nitrogen and oxygen atoms in total. The van der Waals surface area contributed by atoms with Crippen LogP contribution in [0.3, 0.4) is 0 Å². The Morgan fingerprint density at radius 1 is 1.26 bits per heavy atom. The summed E-state index contributed by atoms with van der Waals surface area (Å²) in [5.74, 6) is 0.227. The topological polar surface area (TPSA) is 40.5 Å². The third kappa shape index (κ3) is 3.52. The van der Waals surface area contributed by atoms with Crippen molar-refractivity contribution in [2.75, 3.05) is 6.54 Å². The van der Waals surface area contributed by atoms with Crippen LogP contribution in [0.15, 0.2) is 18.2 Å². The first kappa shape index (κ1) is 17.1. The van der Waals surface area contributed by atoms with Crippen molar-refractivity contribution in [1.29, 1.82) is 0 Å². The van der Waals surface area contributed by atoms with Gasteiger partial charge in [-0.25, -0.2) is 0 Å². The summed E-state index contributed by atoms with van der Waals surface area (Å²) in [5, 5.41) is 10.9. The fourth-order valence-corrected chi connectivity index (χ4v) is 4.37. The number of hydrogen-bond acceptors (Lipinski definition) is 2. The van der Waals surface area contributed by atoms with Gasteiger partial charge < -0.3 is 10.0 Å². The van der Waals surface area contributed by atoms with Gasteiger partial charge in [-0.3, -0.25) is 4.79 Å². The van der Waals surface area contributed by atoms with Gasteiger partial charge in [-0.05, 0) is 56.2 Å². The molecule has 2 fully saturated rings. The van der Waals surface area contributed by atoms with E-state index in [-0.39, 0.29) is 18.1 Å². The summed E-state index contributed by atoms with van der Waals surface area (Å²) in [6.45, 7) is 2.85. The normalized spacial score (nSPS) is 31.7. The highest BCUT2D eigenvalue weighted by molar-refractivity contribution is 6.35. The standard InChI is InChI=1S/C18H23Cl2NO2/c1-18(11-12-2-3-13(19)10-16(12)20)8-9-21(17(18)23)14-4-6-15(22)7-5-14/h2-3,10,14-15,22H,4-9,11H2,1H3/t14-,15+,18?. The molecular formula is C18H23Cl2NO2. The lowest BCUT2D eigenvalue weighted by molar-refractivity contribution is -0.138. The van der Waals surface area contributed by atoms with Crippen molar-refractivity contribution in [3.8, 4) is 0 Å². The predicted octanol–water partition coefficient (Wildman–Crippen LogP) is 4.08. The molecule has 1 N–H and O–H groups in total. The van der Waals surface area contributed by atoms with Gasteiger partial charge in [0.1, 0.15) is 0 Å². The smallest absolute Gasteiger partial charge is 0.229 e. The van der Waals surface area contributed by atoms with Crippen molar-refractivity contribution in [1.82, 2.24) is 4.90 Å². The van der Waals surface area contributed by atoms with Crippen molar-refractivity contribution in [3.63, 3.8) is 0 Å². The molecule has 5 heteroatoms. The molecule has 0 spiro atoms. The summed E-state index contributed by atoms with van der Waals surface area (Å²) >= 11 is 12.2. The summed E-state index contributed by atoms with van der Waals surface area (Å²) in [7, 11) is 0. The number of hydrogen-bond donors (Lipinski definition) is 1. The second-order valence-electron chi connectivity index (χ2n) is 7.18. The van der Waals surface area contributed by atoms with Gasteiger partial charge >= 0.3 is 0 Å².